The van der Waals surface area contributed by atoms with E-state index in [0.717, 1.165) is 0 Å². The molecule has 0 unspecified atom stereocenters. The molecule has 1 aliphatic heterocycles. The van der Waals surface area contributed by atoms with Crippen LogP contribution in [0, 0.1) is 0 Å². The number of hydrogen-bond acceptors (Lipinski definition) is 3. The quantitative estimate of drug-likeness (QED) is 0.439. The number of anilines is 1. The number of carbonyl (C=O) groups excluding carboxylic acids is 1. The van der Waals surface area contributed by atoms with Crippen molar-refractivity contribution in [2.75, 3.05) is 31.6 Å². The van der Waals surface area contributed by atoms with Gasteiger partial charge in [-0.2, -0.15) is 0 Å². The number of amides is 2. The number of hydrogen-bond donors (Lipinski definition) is 3. The standard InChI is InChI=1S/C11H10Cl4N2O3/c12-5-6(13)8(15)10-9(7(5)14)16-11(20)17(10,1-3-18)2-4-19/h18-19H,1-4H2/p+1. The van der Waals surface area contributed by atoms with E-state index in [4.69, 9.17) is 46.4 Å². The Labute approximate surface area is 135 Å². The summed E-state index contributed by atoms with van der Waals surface area (Å²) in [4.78, 5) is 12.3. The Balaban J connectivity index is 2.77. The molecule has 0 aromatic heterocycles. The summed E-state index contributed by atoms with van der Waals surface area (Å²) in [7, 11) is 0. The Morgan fingerprint density at radius 3 is 1.90 bits per heavy atom. The molecule has 0 spiro atoms. The van der Waals surface area contributed by atoms with Crippen LogP contribution in [-0.2, 0) is 0 Å². The second-order valence-corrected chi connectivity index (χ2v) is 5.78. The molecular formula is C11H11Cl4N2O3+. The van der Waals surface area contributed by atoms with Crippen molar-refractivity contribution >= 4 is 63.8 Å². The van der Waals surface area contributed by atoms with Gasteiger partial charge >= 0.3 is 6.03 Å². The van der Waals surface area contributed by atoms with E-state index >= 15 is 0 Å². The Morgan fingerprint density at radius 1 is 0.900 bits per heavy atom. The first-order valence-electron chi connectivity index (χ1n) is 5.67. The van der Waals surface area contributed by atoms with E-state index in [1.165, 1.54) is 0 Å². The number of fused-ring (bicyclic) bond motifs is 1. The number of rotatable bonds is 4. The Kier molecular flexibility index (Phi) is 4.71. The van der Waals surface area contributed by atoms with Crippen molar-refractivity contribution in [2.45, 2.75) is 0 Å². The minimum atomic E-state index is -0.453. The average molecular weight is 361 g/mol. The highest BCUT2D eigenvalue weighted by molar-refractivity contribution is 6.54. The predicted octanol–water partition coefficient (Wildman–Crippen LogP) is 3.14. The van der Waals surface area contributed by atoms with E-state index in [9.17, 15) is 15.0 Å². The first kappa shape index (κ1) is 16.1. The minimum absolute atomic E-state index is 0.0342. The second-order valence-electron chi connectivity index (χ2n) is 4.27. The molecule has 0 saturated carbocycles. The number of aliphatic hydroxyl groups excluding tert-OH is 2. The lowest BCUT2D eigenvalue weighted by molar-refractivity contribution is 0.172. The molecule has 0 aliphatic carbocycles. The van der Waals surface area contributed by atoms with Gasteiger partial charge in [-0.05, 0) is 0 Å². The van der Waals surface area contributed by atoms with Crippen LogP contribution in [-0.4, -0.2) is 42.5 Å². The van der Waals surface area contributed by atoms with E-state index in [2.05, 4.69) is 5.32 Å². The van der Waals surface area contributed by atoms with Crippen LogP contribution in [0.5, 0.6) is 0 Å². The van der Waals surface area contributed by atoms with Gasteiger partial charge in [-0.3, -0.25) is 5.32 Å². The molecule has 0 saturated heterocycles. The van der Waals surface area contributed by atoms with E-state index in [1.54, 1.807) is 0 Å². The van der Waals surface area contributed by atoms with Crippen LogP contribution in [0.1, 0.15) is 0 Å². The third-order valence-corrected chi connectivity index (χ3v) is 5.05. The van der Waals surface area contributed by atoms with Crippen LogP contribution in [0.15, 0.2) is 0 Å². The van der Waals surface area contributed by atoms with Gasteiger partial charge in [0.25, 0.3) is 0 Å². The molecule has 9 heteroatoms. The lowest BCUT2D eigenvalue weighted by atomic mass is 10.2. The molecular weight excluding hydrogens is 350 g/mol. The van der Waals surface area contributed by atoms with E-state index in [0.29, 0.717) is 5.69 Å². The Morgan fingerprint density at radius 2 is 1.40 bits per heavy atom. The number of carbonyl (C=O) groups is 1. The molecule has 0 fully saturated rings. The van der Waals surface area contributed by atoms with Gasteiger partial charge in [0.2, 0.25) is 0 Å². The number of halogens is 4. The summed E-state index contributed by atoms with van der Waals surface area (Å²) in [6.07, 6.45) is 0. The van der Waals surface area contributed by atoms with Gasteiger partial charge in [0.05, 0.1) is 28.3 Å². The van der Waals surface area contributed by atoms with Crippen LogP contribution in [0.2, 0.25) is 20.1 Å². The van der Waals surface area contributed by atoms with Gasteiger partial charge in [-0.25, -0.2) is 9.28 Å². The van der Waals surface area contributed by atoms with Gasteiger partial charge < -0.3 is 10.2 Å². The minimum Gasteiger partial charge on any atom is -0.390 e. The molecule has 3 N–H and O–H groups in total. The molecule has 5 nitrogen and oxygen atoms in total. The maximum absolute atomic E-state index is 12.3. The molecule has 2 rings (SSSR count). The van der Waals surface area contributed by atoms with Crippen LogP contribution in [0.4, 0.5) is 16.2 Å². The number of quaternary nitrogens is 1. The van der Waals surface area contributed by atoms with Gasteiger partial charge in [0.1, 0.15) is 23.8 Å². The van der Waals surface area contributed by atoms with E-state index < -0.39 is 6.03 Å². The fourth-order valence-corrected chi connectivity index (χ4v) is 3.38. The van der Waals surface area contributed by atoms with Crippen LogP contribution >= 0.6 is 46.4 Å². The zero-order chi connectivity index (χ0) is 15.1. The zero-order valence-electron chi connectivity index (χ0n) is 10.1. The number of benzene rings is 1. The third-order valence-electron chi connectivity index (χ3n) is 3.25. The third kappa shape index (κ3) is 2.18. The van der Waals surface area contributed by atoms with Crippen molar-refractivity contribution in [3.05, 3.63) is 20.1 Å². The van der Waals surface area contributed by atoms with E-state index in [-0.39, 0.29) is 56.6 Å². The molecule has 1 aliphatic rings. The summed E-state index contributed by atoms with van der Waals surface area (Å²) in [5.74, 6) is 0. The van der Waals surface area contributed by atoms with Crippen molar-refractivity contribution in [3.8, 4) is 0 Å². The van der Waals surface area contributed by atoms with Crippen LogP contribution in [0.3, 0.4) is 0 Å². The summed E-state index contributed by atoms with van der Waals surface area (Å²) in [5.41, 5.74) is 0.581. The normalized spacial score (nSPS) is 16.2. The van der Waals surface area contributed by atoms with E-state index in [1.807, 2.05) is 0 Å². The molecule has 20 heavy (non-hydrogen) atoms. The summed E-state index contributed by atoms with van der Waals surface area (Å²) >= 11 is 24.3. The number of urea groups is 1. The molecule has 1 heterocycles. The fourth-order valence-electron chi connectivity index (χ4n) is 2.33. The zero-order valence-corrected chi connectivity index (χ0v) is 13.1. The molecule has 110 valence electrons. The summed E-state index contributed by atoms with van der Waals surface area (Å²) in [6.45, 7) is -0.483. The molecule has 1 aromatic carbocycles. The molecule has 0 bridgehead atoms. The Bertz CT molecular complexity index is 574. The lowest BCUT2D eigenvalue weighted by Crippen LogP contribution is -2.56. The van der Waals surface area contributed by atoms with Crippen LogP contribution in [0.25, 0.3) is 0 Å². The number of nitrogens with zero attached hydrogens (tertiary/aromatic N) is 1. The summed E-state index contributed by atoms with van der Waals surface area (Å²) in [5, 5.41) is 21.3. The predicted molar refractivity (Wildman–Crippen MR) is 81.2 cm³/mol. The SMILES string of the molecule is O=C1Nc2c(Cl)c(Cl)c(Cl)c(Cl)c2[N+]1(CCO)CCO. The van der Waals surface area contributed by atoms with Crippen molar-refractivity contribution in [2.24, 2.45) is 0 Å². The van der Waals surface area contributed by atoms with Crippen LogP contribution < -0.4 is 9.80 Å². The van der Waals surface area contributed by atoms with Gasteiger partial charge in [0.15, 0.2) is 5.69 Å². The highest BCUT2D eigenvalue weighted by Gasteiger charge is 2.50. The first-order valence-corrected chi connectivity index (χ1v) is 7.18. The van der Waals surface area contributed by atoms with Crippen molar-refractivity contribution in [1.82, 2.24) is 4.48 Å². The largest absolute Gasteiger partial charge is 0.426 e. The van der Waals surface area contributed by atoms with Crippen molar-refractivity contribution < 1.29 is 15.0 Å². The highest BCUT2D eigenvalue weighted by atomic mass is 35.5. The maximum Gasteiger partial charge on any atom is 0.426 e. The molecule has 2 amide bonds. The lowest BCUT2D eigenvalue weighted by Gasteiger charge is -2.29. The van der Waals surface area contributed by atoms with Crippen molar-refractivity contribution in [3.63, 3.8) is 0 Å². The van der Waals surface area contributed by atoms with Gasteiger partial charge in [0, 0.05) is 0 Å². The number of nitrogens with one attached hydrogen (secondary N) is 1. The second kappa shape index (κ2) is 5.85. The molecule has 0 atom stereocenters. The smallest absolute Gasteiger partial charge is 0.390 e. The first-order chi connectivity index (χ1) is 9.40. The molecule has 1 aromatic rings. The fraction of sp³-hybridized carbons (Fsp3) is 0.364. The highest BCUT2D eigenvalue weighted by Crippen LogP contribution is 2.53. The monoisotopic (exact) mass is 359 g/mol. The Hall–Kier alpha value is -0.270. The van der Waals surface area contributed by atoms with Gasteiger partial charge in [-0.15, -0.1) is 0 Å². The maximum atomic E-state index is 12.3. The average Bonchev–Trinajstić information content (AvgIpc) is 2.69. The molecule has 0 radical (unpaired) electrons. The topological polar surface area (TPSA) is 69.6 Å². The number of aliphatic hydroxyl groups is 2. The summed E-state index contributed by atoms with van der Waals surface area (Å²) in [6, 6.07) is -0.453. The van der Waals surface area contributed by atoms with Crippen molar-refractivity contribution in [1.29, 1.82) is 0 Å². The van der Waals surface area contributed by atoms with Gasteiger partial charge in [-0.1, -0.05) is 46.4 Å². The summed E-state index contributed by atoms with van der Waals surface area (Å²) < 4.78 is -0.377.